The van der Waals surface area contributed by atoms with Gasteiger partial charge in [-0.05, 0) is 25.3 Å². The zero-order chi connectivity index (χ0) is 28.8. The fraction of sp³-hybridized carbons (Fsp3) is 0.385. The van der Waals surface area contributed by atoms with Crippen LogP contribution in [-0.2, 0) is 14.4 Å². The van der Waals surface area contributed by atoms with Crippen LogP contribution in [0.2, 0.25) is 0 Å². The Hall–Kier alpha value is -3.90. The van der Waals surface area contributed by atoms with Crippen LogP contribution < -0.4 is 16.4 Å². The number of rotatable bonds is 10. The summed E-state index contributed by atoms with van der Waals surface area (Å²) in [5.41, 5.74) is 7.09. The summed E-state index contributed by atoms with van der Waals surface area (Å²) in [4.78, 5) is 42.7. The van der Waals surface area contributed by atoms with Gasteiger partial charge >= 0.3 is 12.4 Å². The molecule has 3 rings (SSSR count). The highest BCUT2D eigenvalue weighted by molar-refractivity contribution is 6.19. The maximum absolute atomic E-state index is 13.3. The SMILES string of the molecule is NC(=O)[C@H](CCC(F)(F)F)[C@H](CCCC(F)(F)F)C(=O)N[C@H]1N=C(c2ccccc2)c2ccccc2NC1=O. The van der Waals surface area contributed by atoms with Crippen molar-refractivity contribution in [3.05, 3.63) is 65.7 Å². The molecule has 0 radical (unpaired) electrons. The van der Waals surface area contributed by atoms with Crippen molar-refractivity contribution in [1.29, 1.82) is 0 Å². The molecule has 2 aromatic rings. The third kappa shape index (κ3) is 8.55. The number of carbonyl (C=O) groups excluding carboxylic acids is 3. The van der Waals surface area contributed by atoms with E-state index in [2.05, 4.69) is 15.6 Å². The number of benzene rings is 2. The number of hydrogen-bond acceptors (Lipinski definition) is 4. The first-order valence-corrected chi connectivity index (χ1v) is 12.0. The number of nitrogens with zero attached hydrogens (tertiary/aromatic N) is 1. The molecule has 0 fully saturated rings. The first-order chi connectivity index (χ1) is 18.2. The molecule has 7 nitrogen and oxygen atoms in total. The third-order valence-electron chi connectivity index (χ3n) is 6.17. The predicted molar refractivity (Wildman–Crippen MR) is 130 cm³/mol. The minimum atomic E-state index is -4.69. The lowest BCUT2D eigenvalue weighted by Gasteiger charge is -2.26. The van der Waals surface area contributed by atoms with Crippen LogP contribution in [0.5, 0.6) is 0 Å². The van der Waals surface area contributed by atoms with E-state index in [1.807, 2.05) is 0 Å². The zero-order valence-electron chi connectivity index (χ0n) is 20.5. The molecule has 2 aromatic carbocycles. The molecule has 13 heteroatoms. The van der Waals surface area contributed by atoms with Gasteiger partial charge in [-0.1, -0.05) is 48.5 Å². The van der Waals surface area contributed by atoms with Gasteiger partial charge in [0.1, 0.15) is 0 Å². The fourth-order valence-electron chi connectivity index (χ4n) is 4.32. The lowest BCUT2D eigenvalue weighted by molar-refractivity contribution is -0.147. The second-order valence-electron chi connectivity index (χ2n) is 9.07. The Morgan fingerprint density at radius 3 is 2.13 bits per heavy atom. The van der Waals surface area contributed by atoms with Crippen molar-refractivity contribution in [2.24, 2.45) is 22.6 Å². The number of anilines is 1. The van der Waals surface area contributed by atoms with Gasteiger partial charge in [-0.3, -0.25) is 14.4 Å². The van der Waals surface area contributed by atoms with Crippen LogP contribution in [0.4, 0.5) is 32.0 Å². The van der Waals surface area contributed by atoms with Crippen LogP contribution in [0, 0.1) is 11.8 Å². The van der Waals surface area contributed by atoms with Crippen molar-refractivity contribution in [2.45, 2.75) is 50.6 Å². The van der Waals surface area contributed by atoms with Gasteiger partial charge < -0.3 is 16.4 Å². The lowest BCUT2D eigenvalue weighted by atomic mass is 9.83. The molecule has 0 saturated carbocycles. The van der Waals surface area contributed by atoms with Crippen molar-refractivity contribution in [3.63, 3.8) is 0 Å². The number of para-hydroxylation sites is 1. The van der Waals surface area contributed by atoms with Gasteiger partial charge in [0.2, 0.25) is 18.0 Å². The number of aliphatic imine (C=N–C) groups is 1. The number of benzodiazepines with no additional fused rings is 1. The van der Waals surface area contributed by atoms with E-state index in [0.717, 1.165) is 0 Å². The van der Waals surface area contributed by atoms with E-state index in [1.165, 1.54) is 0 Å². The Balaban J connectivity index is 1.94. The average molecular weight is 557 g/mol. The summed E-state index contributed by atoms with van der Waals surface area (Å²) in [6, 6.07) is 15.3. The third-order valence-corrected chi connectivity index (χ3v) is 6.17. The molecule has 0 aromatic heterocycles. The number of fused-ring (bicyclic) bond motifs is 1. The van der Waals surface area contributed by atoms with Crippen LogP contribution in [0.25, 0.3) is 0 Å². The quantitative estimate of drug-likeness (QED) is 0.369. The van der Waals surface area contributed by atoms with Gasteiger partial charge in [-0.2, -0.15) is 26.3 Å². The Labute approximate surface area is 219 Å². The van der Waals surface area contributed by atoms with Crippen molar-refractivity contribution >= 4 is 29.1 Å². The summed E-state index contributed by atoms with van der Waals surface area (Å²) in [6.07, 6.45) is -15.8. The first kappa shape index (κ1) is 29.7. The average Bonchev–Trinajstić information content (AvgIpc) is 2.98. The van der Waals surface area contributed by atoms with Crippen LogP contribution in [0.3, 0.4) is 0 Å². The van der Waals surface area contributed by atoms with Crippen LogP contribution >= 0.6 is 0 Å². The van der Waals surface area contributed by atoms with Gasteiger partial charge in [0.25, 0.3) is 5.91 Å². The smallest absolute Gasteiger partial charge is 0.369 e. The number of nitrogens with one attached hydrogen (secondary N) is 2. The van der Waals surface area contributed by atoms with E-state index in [-0.39, 0.29) is 0 Å². The van der Waals surface area contributed by atoms with Crippen molar-refractivity contribution in [1.82, 2.24) is 5.32 Å². The number of alkyl halides is 6. The lowest BCUT2D eigenvalue weighted by Crippen LogP contribution is -2.48. The van der Waals surface area contributed by atoms with Crippen LogP contribution in [0.15, 0.2) is 59.6 Å². The Kier molecular flexibility index (Phi) is 9.36. The van der Waals surface area contributed by atoms with Crippen LogP contribution in [0.1, 0.15) is 43.2 Å². The number of halogens is 6. The summed E-state index contributed by atoms with van der Waals surface area (Å²) < 4.78 is 76.9. The molecule has 0 bridgehead atoms. The van der Waals surface area contributed by atoms with E-state index in [0.29, 0.717) is 22.5 Å². The highest BCUT2D eigenvalue weighted by Crippen LogP contribution is 2.32. The molecule has 0 saturated heterocycles. The molecule has 210 valence electrons. The number of hydrogen-bond donors (Lipinski definition) is 3. The monoisotopic (exact) mass is 556 g/mol. The predicted octanol–water partition coefficient (Wildman–Crippen LogP) is 4.71. The highest BCUT2D eigenvalue weighted by Gasteiger charge is 2.39. The van der Waals surface area contributed by atoms with Gasteiger partial charge in [0.05, 0.1) is 11.4 Å². The Morgan fingerprint density at radius 2 is 1.51 bits per heavy atom. The van der Waals surface area contributed by atoms with Crippen molar-refractivity contribution in [3.8, 4) is 0 Å². The topological polar surface area (TPSA) is 114 Å². The van der Waals surface area contributed by atoms with E-state index < -0.39 is 80.2 Å². The molecule has 3 amide bonds. The minimum Gasteiger partial charge on any atom is -0.369 e. The maximum atomic E-state index is 13.3. The maximum Gasteiger partial charge on any atom is 0.389 e. The van der Waals surface area contributed by atoms with Crippen LogP contribution in [-0.4, -0.2) is 42.0 Å². The molecule has 3 atom stereocenters. The molecule has 0 aliphatic carbocycles. The van der Waals surface area contributed by atoms with Gasteiger partial charge in [0.15, 0.2) is 0 Å². The summed E-state index contributed by atoms with van der Waals surface area (Å²) in [5, 5.41) is 4.93. The zero-order valence-corrected chi connectivity index (χ0v) is 20.5. The van der Waals surface area contributed by atoms with Gasteiger partial charge in [0, 0.05) is 35.8 Å². The number of amides is 3. The summed E-state index contributed by atoms with van der Waals surface area (Å²) in [5.74, 6) is -6.53. The van der Waals surface area contributed by atoms with E-state index in [1.54, 1.807) is 54.6 Å². The molecule has 0 spiro atoms. The molecule has 1 aliphatic rings. The Morgan fingerprint density at radius 1 is 0.897 bits per heavy atom. The van der Waals surface area contributed by atoms with E-state index >= 15 is 0 Å². The standard InChI is InChI=1S/C26H26F6N4O3/c27-25(28,29)13-6-10-17(16(21(33)37)12-14-26(30,31)32)23(38)36-22-24(39)34-19-11-5-4-9-18(19)20(35-22)15-7-2-1-3-8-15/h1-5,7-9,11,16-17,22H,6,10,12-14H2,(H2,33,37)(H,34,39)(H,36,38)/t16-,17+,22-/m1/s1. The van der Waals surface area contributed by atoms with E-state index in [9.17, 15) is 40.7 Å². The summed E-state index contributed by atoms with van der Waals surface area (Å²) in [7, 11) is 0. The second kappa shape index (κ2) is 12.3. The second-order valence-corrected chi connectivity index (χ2v) is 9.07. The number of nitrogens with two attached hydrogens (primary N) is 1. The highest BCUT2D eigenvalue weighted by atomic mass is 19.4. The summed E-state index contributed by atoms with van der Waals surface area (Å²) in [6.45, 7) is 0. The normalized spacial score (nSPS) is 17.2. The van der Waals surface area contributed by atoms with Crippen molar-refractivity contribution in [2.75, 3.05) is 5.32 Å². The molecule has 1 heterocycles. The molecule has 4 N–H and O–H groups in total. The number of carbonyl (C=O) groups is 3. The fourth-order valence-corrected chi connectivity index (χ4v) is 4.32. The minimum absolute atomic E-state index is 0.312. The van der Waals surface area contributed by atoms with Gasteiger partial charge in [-0.25, -0.2) is 4.99 Å². The molecule has 1 aliphatic heterocycles. The van der Waals surface area contributed by atoms with Gasteiger partial charge in [-0.15, -0.1) is 0 Å². The number of primary amides is 1. The largest absolute Gasteiger partial charge is 0.389 e. The first-order valence-electron chi connectivity index (χ1n) is 12.0. The van der Waals surface area contributed by atoms with Crippen molar-refractivity contribution < 1.29 is 40.7 Å². The Bertz CT molecular complexity index is 1210. The summed E-state index contributed by atoms with van der Waals surface area (Å²) >= 11 is 0. The van der Waals surface area contributed by atoms with E-state index in [4.69, 9.17) is 5.73 Å². The molecular weight excluding hydrogens is 530 g/mol. The molecule has 0 unspecified atom stereocenters. The molecular formula is C26H26F6N4O3. The molecule has 39 heavy (non-hydrogen) atoms.